The highest BCUT2D eigenvalue weighted by molar-refractivity contribution is 7.91. The van der Waals surface area contributed by atoms with Crippen LogP contribution in [-0.4, -0.2) is 59.0 Å². The zero-order chi connectivity index (χ0) is 34.9. The summed E-state index contributed by atoms with van der Waals surface area (Å²) >= 11 is 0. The summed E-state index contributed by atoms with van der Waals surface area (Å²) in [5.41, 5.74) is 3.14. The highest BCUT2D eigenvalue weighted by atomic mass is 32.2. The second-order valence-electron chi connectivity index (χ2n) is 13.5. The van der Waals surface area contributed by atoms with Crippen molar-refractivity contribution >= 4 is 26.7 Å². The van der Waals surface area contributed by atoms with E-state index < -0.39 is 32.9 Å². The SMILES string of the molecule is Cc1cn2nc1-c1cc(ccc1F)Oc1c(F)cc3[nH]ccc3c1CCS(=O)(=O)CC(C)(C)COCCC2c1cccc(CCC(=O)O)c1. The first-order valence-corrected chi connectivity index (χ1v) is 18.0. The van der Waals surface area contributed by atoms with Crippen molar-refractivity contribution in [2.24, 2.45) is 5.41 Å². The maximum atomic E-state index is 15.6. The molecule has 0 aliphatic carbocycles. The van der Waals surface area contributed by atoms with Gasteiger partial charge in [0, 0.05) is 58.9 Å². The van der Waals surface area contributed by atoms with Gasteiger partial charge in [-0.1, -0.05) is 38.1 Å². The van der Waals surface area contributed by atoms with Gasteiger partial charge < -0.3 is 19.6 Å². The van der Waals surface area contributed by atoms with Crippen molar-refractivity contribution in [2.45, 2.75) is 52.5 Å². The van der Waals surface area contributed by atoms with E-state index in [0.29, 0.717) is 40.6 Å². The molecule has 1 aliphatic heterocycles. The maximum absolute atomic E-state index is 15.6. The van der Waals surface area contributed by atoms with Crippen LogP contribution in [0.3, 0.4) is 0 Å². The third kappa shape index (κ3) is 7.86. The molecule has 3 heterocycles. The van der Waals surface area contributed by atoms with Crippen LogP contribution >= 0.6 is 0 Å². The van der Waals surface area contributed by atoms with Gasteiger partial charge in [0.25, 0.3) is 0 Å². The Hall–Kier alpha value is -4.55. The molecule has 258 valence electrons. The fraction of sp³-hybridized carbons (Fsp3) is 0.351. The Morgan fingerprint density at radius 2 is 1.94 bits per heavy atom. The van der Waals surface area contributed by atoms with E-state index in [0.717, 1.165) is 11.1 Å². The van der Waals surface area contributed by atoms with Gasteiger partial charge in [0.2, 0.25) is 0 Å². The lowest BCUT2D eigenvalue weighted by molar-refractivity contribution is -0.136. The number of carbonyl (C=O) groups is 1. The van der Waals surface area contributed by atoms with Gasteiger partial charge in [-0.05, 0) is 67.1 Å². The number of rotatable bonds is 4. The molecule has 0 spiro atoms. The summed E-state index contributed by atoms with van der Waals surface area (Å²) in [5, 5.41) is 14.7. The molecule has 2 N–H and O–H groups in total. The second-order valence-corrected chi connectivity index (χ2v) is 15.7. The van der Waals surface area contributed by atoms with E-state index in [1.165, 1.54) is 24.3 Å². The van der Waals surface area contributed by atoms with Crippen LogP contribution in [0.2, 0.25) is 0 Å². The minimum absolute atomic E-state index is 0.00545. The molecule has 5 aromatic rings. The molecule has 1 unspecified atom stereocenters. The summed E-state index contributed by atoms with van der Waals surface area (Å²) in [6.07, 6.45) is 4.29. The van der Waals surface area contributed by atoms with Gasteiger partial charge in [0.05, 0.1) is 29.8 Å². The molecule has 4 bridgehead atoms. The lowest BCUT2D eigenvalue weighted by atomic mass is 9.98. The lowest BCUT2D eigenvalue weighted by Gasteiger charge is -2.25. The van der Waals surface area contributed by atoms with Crippen molar-refractivity contribution in [1.29, 1.82) is 0 Å². The van der Waals surface area contributed by atoms with Crippen LogP contribution in [0.5, 0.6) is 11.5 Å². The fourth-order valence-corrected chi connectivity index (χ4v) is 8.46. The number of aromatic amines is 1. The van der Waals surface area contributed by atoms with Gasteiger partial charge >= 0.3 is 5.97 Å². The number of halogens is 2. The van der Waals surface area contributed by atoms with Crippen molar-refractivity contribution in [3.05, 3.63) is 101 Å². The Labute approximate surface area is 283 Å². The number of carboxylic acids is 1. The quantitative estimate of drug-likeness (QED) is 0.201. The molecule has 12 heteroatoms. The number of aryl methyl sites for hydroxylation is 3. The molecule has 0 amide bonds. The van der Waals surface area contributed by atoms with Gasteiger partial charge in [0.15, 0.2) is 21.4 Å². The molecule has 49 heavy (non-hydrogen) atoms. The van der Waals surface area contributed by atoms with Crippen LogP contribution < -0.4 is 4.74 Å². The van der Waals surface area contributed by atoms with Crippen molar-refractivity contribution in [3.63, 3.8) is 0 Å². The first kappa shape index (κ1) is 34.3. The average molecular weight is 692 g/mol. The summed E-state index contributed by atoms with van der Waals surface area (Å²) in [6.45, 7) is 5.95. The van der Waals surface area contributed by atoms with E-state index >= 15 is 8.78 Å². The number of H-pyrrole nitrogens is 1. The highest BCUT2D eigenvalue weighted by Gasteiger charge is 2.29. The summed E-state index contributed by atoms with van der Waals surface area (Å²) < 4.78 is 72.0. The molecule has 9 nitrogen and oxygen atoms in total. The fourth-order valence-electron chi connectivity index (χ4n) is 6.53. The molecule has 2 aromatic heterocycles. The van der Waals surface area contributed by atoms with Crippen LogP contribution in [0.4, 0.5) is 8.78 Å². The number of carboxylic acid groups (broad SMARTS) is 1. The summed E-state index contributed by atoms with van der Waals surface area (Å²) in [5.74, 6) is -2.44. The van der Waals surface area contributed by atoms with Crippen LogP contribution in [0.25, 0.3) is 22.2 Å². The topological polar surface area (TPSA) is 124 Å². The highest BCUT2D eigenvalue weighted by Crippen LogP contribution is 2.38. The number of benzene rings is 3. The van der Waals surface area contributed by atoms with Crippen molar-refractivity contribution in [1.82, 2.24) is 14.8 Å². The predicted octanol–water partition coefficient (Wildman–Crippen LogP) is 7.42. The normalized spacial score (nSPS) is 18.1. The Kier molecular flexibility index (Phi) is 9.63. The van der Waals surface area contributed by atoms with E-state index in [2.05, 4.69) is 4.98 Å². The molecular weight excluding hydrogens is 652 g/mol. The van der Waals surface area contributed by atoms with Crippen LogP contribution in [0.15, 0.2) is 67.0 Å². The minimum atomic E-state index is -3.62. The van der Waals surface area contributed by atoms with Crippen LogP contribution in [0, 0.1) is 24.0 Å². The molecule has 1 atom stereocenters. The Morgan fingerprint density at radius 3 is 2.73 bits per heavy atom. The first-order valence-electron chi connectivity index (χ1n) is 16.2. The van der Waals surface area contributed by atoms with E-state index in [1.807, 2.05) is 51.2 Å². The number of sulfone groups is 1. The number of aromatic nitrogens is 3. The van der Waals surface area contributed by atoms with E-state index in [4.69, 9.17) is 14.6 Å². The van der Waals surface area contributed by atoms with E-state index in [-0.39, 0.29) is 60.7 Å². The van der Waals surface area contributed by atoms with Crippen molar-refractivity contribution in [3.8, 4) is 22.8 Å². The second kappa shape index (κ2) is 13.8. The summed E-state index contributed by atoms with van der Waals surface area (Å²) in [6, 6.07) is 14.4. The third-order valence-electron chi connectivity index (χ3n) is 8.78. The zero-order valence-corrected chi connectivity index (χ0v) is 28.4. The minimum Gasteiger partial charge on any atom is -0.481 e. The Bertz CT molecular complexity index is 2120. The number of hydrogen-bond acceptors (Lipinski definition) is 6. The van der Waals surface area contributed by atoms with Crippen molar-refractivity contribution in [2.75, 3.05) is 24.7 Å². The molecular formula is C37H39F2N3O6S. The Morgan fingerprint density at radius 1 is 1.12 bits per heavy atom. The monoisotopic (exact) mass is 691 g/mol. The number of fused-ring (bicyclic) bond motifs is 8. The molecule has 6 rings (SSSR count). The predicted molar refractivity (Wildman–Crippen MR) is 183 cm³/mol. The number of ether oxygens (including phenoxy) is 2. The maximum Gasteiger partial charge on any atom is 0.303 e. The summed E-state index contributed by atoms with van der Waals surface area (Å²) in [7, 11) is -3.62. The van der Waals surface area contributed by atoms with Gasteiger partial charge in [-0.15, -0.1) is 0 Å². The first-order chi connectivity index (χ1) is 23.3. The molecule has 3 aromatic carbocycles. The summed E-state index contributed by atoms with van der Waals surface area (Å²) in [4.78, 5) is 14.2. The number of nitrogens with one attached hydrogen (secondary N) is 1. The van der Waals surface area contributed by atoms with Gasteiger partial charge in [-0.3, -0.25) is 9.48 Å². The zero-order valence-electron chi connectivity index (χ0n) is 27.6. The number of aliphatic carboxylic acids is 1. The Balaban J connectivity index is 1.45. The molecule has 0 radical (unpaired) electrons. The number of nitrogens with zero attached hydrogens (tertiary/aromatic N) is 2. The van der Waals surface area contributed by atoms with Gasteiger partial charge in [-0.25, -0.2) is 17.2 Å². The number of hydrogen-bond donors (Lipinski definition) is 2. The van der Waals surface area contributed by atoms with Crippen LogP contribution in [0.1, 0.15) is 55.0 Å². The molecule has 0 saturated heterocycles. The molecule has 1 aliphatic rings. The standard InChI is InChI=1S/C37H39F2N3O6S/c1-23-20-42-33(25-6-4-5-24(17-25)7-10-34(43)44)12-15-47-21-37(2,3)22-49(45,46)16-13-28-27-11-14-40-32(27)19-31(39)36(28)48-26-8-9-30(38)29(18-26)35(23)41-42/h4-6,8-9,11,14,17-20,33,40H,7,10,12-13,15-16,21-22H2,1-3H3,(H,43,44). The largest absolute Gasteiger partial charge is 0.481 e. The lowest BCUT2D eigenvalue weighted by Crippen LogP contribution is -2.31. The van der Waals surface area contributed by atoms with Gasteiger partial charge in [0.1, 0.15) is 11.6 Å². The van der Waals surface area contributed by atoms with Crippen molar-refractivity contribution < 1.29 is 36.6 Å². The average Bonchev–Trinajstić information content (AvgIpc) is 3.66. The third-order valence-corrected chi connectivity index (χ3v) is 10.8. The van der Waals surface area contributed by atoms with Crippen LogP contribution in [-0.2, 0) is 32.2 Å². The van der Waals surface area contributed by atoms with E-state index in [1.54, 1.807) is 16.9 Å². The molecule has 0 fully saturated rings. The van der Waals surface area contributed by atoms with E-state index in [9.17, 15) is 18.3 Å². The molecule has 0 saturated carbocycles. The van der Waals surface area contributed by atoms with Gasteiger partial charge in [-0.2, -0.15) is 5.10 Å². The smallest absolute Gasteiger partial charge is 0.303 e.